The molecule has 126 valence electrons. The van der Waals surface area contributed by atoms with Crippen molar-refractivity contribution in [3.63, 3.8) is 0 Å². The summed E-state index contributed by atoms with van der Waals surface area (Å²) in [4.78, 5) is 23.9. The predicted octanol–water partition coefficient (Wildman–Crippen LogP) is 0.778. The van der Waals surface area contributed by atoms with E-state index in [0.717, 1.165) is 11.1 Å². The van der Waals surface area contributed by atoms with Crippen LogP contribution in [-0.2, 0) is 27.2 Å². The molecule has 2 rings (SSSR count). The van der Waals surface area contributed by atoms with Crippen LogP contribution in [0, 0.1) is 0 Å². The van der Waals surface area contributed by atoms with Crippen LogP contribution in [0.1, 0.15) is 11.1 Å². The maximum Gasteiger partial charge on any atom is 0.330 e. The van der Waals surface area contributed by atoms with E-state index in [9.17, 15) is 9.59 Å². The van der Waals surface area contributed by atoms with Gasteiger partial charge in [-0.1, -0.05) is 42.5 Å². The normalized spacial score (nSPS) is 13.1. The number of hydrogen-bond donors (Lipinski definition) is 3. The van der Waals surface area contributed by atoms with Crippen molar-refractivity contribution < 1.29 is 14.3 Å². The van der Waals surface area contributed by atoms with E-state index in [1.54, 1.807) is 24.3 Å². The molecule has 0 spiro atoms. The summed E-state index contributed by atoms with van der Waals surface area (Å²) in [5.74, 6) is -1.57. The Hall–Kier alpha value is -2.70. The van der Waals surface area contributed by atoms with Gasteiger partial charge in [-0.3, -0.25) is 0 Å². The molecular formula is C18H21N3O3. The number of anilines is 1. The van der Waals surface area contributed by atoms with E-state index in [1.165, 1.54) is 0 Å². The van der Waals surface area contributed by atoms with Crippen LogP contribution in [0.5, 0.6) is 0 Å². The number of esters is 2. The van der Waals surface area contributed by atoms with Crippen LogP contribution in [0.2, 0.25) is 0 Å². The minimum atomic E-state index is -0.943. The molecule has 0 heterocycles. The molecule has 0 bridgehead atoms. The molecule has 6 N–H and O–H groups in total. The van der Waals surface area contributed by atoms with E-state index < -0.39 is 24.0 Å². The molecule has 0 aliphatic rings. The standard InChI is InChI=1S/C18H21N3O3/c19-14-8-6-13(7-9-14)11-16(21)18(23)24-17(22)15(20)10-12-4-2-1-3-5-12/h1-9,15-16H,10-11,19-21H2/t15-,16-/m0/s1. The van der Waals surface area contributed by atoms with E-state index in [-0.39, 0.29) is 6.42 Å². The van der Waals surface area contributed by atoms with E-state index in [4.69, 9.17) is 21.9 Å². The zero-order chi connectivity index (χ0) is 17.5. The molecule has 2 aromatic rings. The van der Waals surface area contributed by atoms with Crippen molar-refractivity contribution in [3.8, 4) is 0 Å². The Kier molecular flexibility index (Phi) is 6.06. The highest BCUT2D eigenvalue weighted by Gasteiger charge is 2.23. The van der Waals surface area contributed by atoms with Crippen LogP contribution in [0.4, 0.5) is 5.69 Å². The van der Waals surface area contributed by atoms with Gasteiger partial charge >= 0.3 is 11.9 Å². The summed E-state index contributed by atoms with van der Waals surface area (Å²) in [6.07, 6.45) is 0.542. The number of ether oxygens (including phenoxy) is 1. The minimum Gasteiger partial charge on any atom is -0.399 e. The number of nitrogens with two attached hydrogens (primary N) is 3. The number of carbonyl (C=O) groups excluding carboxylic acids is 2. The van der Waals surface area contributed by atoms with Gasteiger partial charge in [0.05, 0.1) is 0 Å². The summed E-state index contributed by atoms with van der Waals surface area (Å²) in [6, 6.07) is 14.4. The van der Waals surface area contributed by atoms with Crippen LogP contribution in [0.15, 0.2) is 54.6 Å². The van der Waals surface area contributed by atoms with Gasteiger partial charge in [0.1, 0.15) is 12.1 Å². The fourth-order valence-corrected chi connectivity index (χ4v) is 2.19. The molecule has 0 saturated carbocycles. The lowest BCUT2D eigenvalue weighted by atomic mass is 10.1. The lowest BCUT2D eigenvalue weighted by Gasteiger charge is -2.14. The third-order valence-corrected chi connectivity index (χ3v) is 3.54. The van der Waals surface area contributed by atoms with Crippen LogP contribution in [-0.4, -0.2) is 24.0 Å². The van der Waals surface area contributed by atoms with E-state index in [1.807, 2.05) is 30.3 Å². The first-order valence-electron chi connectivity index (χ1n) is 7.60. The summed E-state index contributed by atoms with van der Waals surface area (Å²) in [6.45, 7) is 0. The largest absolute Gasteiger partial charge is 0.399 e. The summed E-state index contributed by atoms with van der Waals surface area (Å²) in [5.41, 5.74) is 19.5. The van der Waals surface area contributed by atoms with E-state index in [2.05, 4.69) is 0 Å². The van der Waals surface area contributed by atoms with Crippen molar-refractivity contribution in [1.29, 1.82) is 0 Å². The highest BCUT2D eigenvalue weighted by atomic mass is 16.6. The molecule has 0 fully saturated rings. The third kappa shape index (κ3) is 5.19. The molecule has 6 heteroatoms. The molecule has 0 aliphatic carbocycles. The summed E-state index contributed by atoms with van der Waals surface area (Å²) in [7, 11) is 0. The summed E-state index contributed by atoms with van der Waals surface area (Å²) in [5, 5.41) is 0. The highest BCUT2D eigenvalue weighted by Crippen LogP contribution is 2.08. The average Bonchev–Trinajstić information content (AvgIpc) is 2.57. The van der Waals surface area contributed by atoms with Gasteiger partial charge in [0.25, 0.3) is 0 Å². The maximum atomic E-state index is 11.9. The molecule has 0 saturated heterocycles. The summed E-state index contributed by atoms with van der Waals surface area (Å²) < 4.78 is 4.79. The fraction of sp³-hybridized carbons (Fsp3) is 0.222. The third-order valence-electron chi connectivity index (χ3n) is 3.54. The Morgan fingerprint density at radius 1 is 0.792 bits per heavy atom. The first kappa shape index (κ1) is 17.7. The number of nitrogen functional groups attached to an aromatic ring is 1. The topological polar surface area (TPSA) is 121 Å². The Bertz CT molecular complexity index is 686. The van der Waals surface area contributed by atoms with Crippen molar-refractivity contribution in [1.82, 2.24) is 0 Å². The smallest absolute Gasteiger partial charge is 0.330 e. The Morgan fingerprint density at radius 3 is 1.75 bits per heavy atom. The minimum absolute atomic E-state index is 0.250. The van der Waals surface area contributed by atoms with Gasteiger partial charge in [-0.25, -0.2) is 9.59 Å². The van der Waals surface area contributed by atoms with Crippen molar-refractivity contribution in [2.24, 2.45) is 11.5 Å². The molecule has 0 radical (unpaired) electrons. The maximum absolute atomic E-state index is 11.9. The van der Waals surface area contributed by atoms with Crippen molar-refractivity contribution in [3.05, 3.63) is 65.7 Å². The van der Waals surface area contributed by atoms with E-state index in [0.29, 0.717) is 12.1 Å². The first-order valence-corrected chi connectivity index (χ1v) is 7.60. The highest BCUT2D eigenvalue weighted by molar-refractivity contribution is 5.90. The fourth-order valence-electron chi connectivity index (χ4n) is 2.19. The van der Waals surface area contributed by atoms with Gasteiger partial charge in [-0.05, 0) is 36.1 Å². The Labute approximate surface area is 140 Å². The monoisotopic (exact) mass is 327 g/mol. The van der Waals surface area contributed by atoms with Crippen molar-refractivity contribution >= 4 is 17.6 Å². The zero-order valence-corrected chi connectivity index (χ0v) is 13.2. The van der Waals surface area contributed by atoms with Gasteiger partial charge < -0.3 is 21.9 Å². The quantitative estimate of drug-likeness (QED) is 0.409. The van der Waals surface area contributed by atoms with Crippen LogP contribution < -0.4 is 17.2 Å². The molecule has 6 nitrogen and oxygen atoms in total. The molecule has 2 aromatic carbocycles. The van der Waals surface area contributed by atoms with Gasteiger partial charge in [0, 0.05) is 5.69 Å². The number of hydrogen-bond acceptors (Lipinski definition) is 6. The summed E-state index contributed by atoms with van der Waals surface area (Å²) >= 11 is 0. The molecule has 0 aromatic heterocycles. The average molecular weight is 327 g/mol. The molecule has 24 heavy (non-hydrogen) atoms. The second-order valence-corrected chi connectivity index (χ2v) is 5.59. The lowest BCUT2D eigenvalue weighted by Crippen LogP contribution is -2.41. The van der Waals surface area contributed by atoms with Crippen LogP contribution in [0.25, 0.3) is 0 Å². The number of carbonyl (C=O) groups is 2. The SMILES string of the molecule is Nc1ccc(C[C@H](N)C(=O)OC(=O)[C@@H](N)Cc2ccccc2)cc1. The van der Waals surface area contributed by atoms with Crippen molar-refractivity contribution in [2.45, 2.75) is 24.9 Å². The zero-order valence-electron chi connectivity index (χ0n) is 13.2. The second kappa shape index (κ2) is 8.24. The molecule has 0 amide bonds. The first-order chi connectivity index (χ1) is 11.5. The number of rotatable bonds is 6. The molecule has 0 unspecified atom stereocenters. The second-order valence-electron chi connectivity index (χ2n) is 5.59. The Morgan fingerprint density at radius 2 is 1.25 bits per heavy atom. The molecule has 2 atom stereocenters. The van der Waals surface area contributed by atoms with Gasteiger partial charge in [0.2, 0.25) is 0 Å². The van der Waals surface area contributed by atoms with Crippen LogP contribution >= 0.6 is 0 Å². The molecule has 0 aliphatic heterocycles. The van der Waals surface area contributed by atoms with E-state index >= 15 is 0 Å². The number of benzene rings is 2. The lowest BCUT2D eigenvalue weighted by molar-refractivity contribution is -0.161. The van der Waals surface area contributed by atoms with Gasteiger partial charge in [-0.2, -0.15) is 0 Å². The van der Waals surface area contributed by atoms with Gasteiger partial charge in [0.15, 0.2) is 0 Å². The van der Waals surface area contributed by atoms with Crippen molar-refractivity contribution in [2.75, 3.05) is 5.73 Å². The molecular weight excluding hydrogens is 306 g/mol. The van der Waals surface area contributed by atoms with Crippen LogP contribution in [0.3, 0.4) is 0 Å². The predicted molar refractivity (Wildman–Crippen MR) is 91.8 cm³/mol. The Balaban J connectivity index is 1.85. The van der Waals surface area contributed by atoms with Gasteiger partial charge in [-0.15, -0.1) is 0 Å².